The van der Waals surface area contributed by atoms with Gasteiger partial charge in [-0.15, -0.1) is 0 Å². The highest BCUT2D eigenvalue weighted by Crippen LogP contribution is 2.25. The zero-order chi connectivity index (χ0) is 19.2. The Morgan fingerprint density at radius 3 is 2.85 bits per heavy atom. The number of aliphatic carboxylic acids is 1. The van der Waals surface area contributed by atoms with E-state index in [9.17, 15) is 9.59 Å². The second-order valence-electron chi connectivity index (χ2n) is 7.39. The number of nitrogens with zero attached hydrogens (tertiary/aromatic N) is 2. The Kier molecular flexibility index (Phi) is 6.68. The second-order valence-corrected chi connectivity index (χ2v) is 7.39. The van der Waals surface area contributed by atoms with E-state index in [0.29, 0.717) is 31.8 Å². The number of rotatable bonds is 7. The van der Waals surface area contributed by atoms with Gasteiger partial charge < -0.3 is 19.5 Å². The van der Waals surface area contributed by atoms with Gasteiger partial charge in [-0.2, -0.15) is 0 Å². The van der Waals surface area contributed by atoms with Crippen LogP contribution in [0.25, 0.3) is 0 Å². The number of carbonyl (C=O) groups excluding carboxylic acids is 1. The minimum absolute atomic E-state index is 0.0407. The van der Waals surface area contributed by atoms with Crippen LogP contribution < -0.4 is 4.74 Å². The van der Waals surface area contributed by atoms with E-state index in [2.05, 4.69) is 0 Å². The molecule has 27 heavy (non-hydrogen) atoms. The number of benzene rings is 1. The predicted octanol–water partition coefficient (Wildman–Crippen LogP) is 1.87. The second kappa shape index (κ2) is 9.19. The molecule has 7 nitrogen and oxygen atoms in total. The first-order valence-corrected chi connectivity index (χ1v) is 9.59. The van der Waals surface area contributed by atoms with Crippen molar-refractivity contribution in [2.45, 2.75) is 37.9 Å². The number of amides is 1. The number of carbonyl (C=O) groups is 2. The van der Waals surface area contributed by atoms with Crippen molar-refractivity contribution in [2.75, 3.05) is 39.8 Å². The molecular weight excluding hydrogens is 348 g/mol. The SMILES string of the molecule is CN(CC(=O)O)C[C@@H]1CN(C(=O)c2cccc(OC3CCCC3)c2)CCO1. The number of ether oxygens (including phenoxy) is 2. The summed E-state index contributed by atoms with van der Waals surface area (Å²) in [6, 6.07) is 7.39. The molecular formula is C20H28N2O5. The first-order chi connectivity index (χ1) is 13.0. The largest absolute Gasteiger partial charge is 0.490 e. The Bertz CT molecular complexity index is 660. The molecule has 1 aliphatic carbocycles. The first kappa shape index (κ1) is 19.6. The van der Waals surface area contributed by atoms with Crippen molar-refractivity contribution in [3.63, 3.8) is 0 Å². The van der Waals surface area contributed by atoms with Crippen LogP contribution in [0.2, 0.25) is 0 Å². The Morgan fingerprint density at radius 1 is 1.33 bits per heavy atom. The molecule has 1 aliphatic heterocycles. The molecule has 0 bridgehead atoms. The van der Waals surface area contributed by atoms with E-state index in [0.717, 1.165) is 18.6 Å². The standard InChI is InChI=1S/C20H28N2O5/c1-21(14-19(23)24)12-18-13-22(9-10-26-18)20(25)15-5-4-8-17(11-15)27-16-6-2-3-7-16/h4-5,8,11,16,18H,2-3,6-7,9-10,12-14H2,1H3,(H,23,24)/t18-/m1/s1. The van der Waals surface area contributed by atoms with Crippen LogP contribution in [0, 0.1) is 0 Å². The van der Waals surface area contributed by atoms with Gasteiger partial charge in [-0.05, 0) is 50.9 Å². The maximum absolute atomic E-state index is 12.9. The fourth-order valence-corrected chi connectivity index (χ4v) is 3.74. The van der Waals surface area contributed by atoms with Gasteiger partial charge in [-0.3, -0.25) is 14.5 Å². The van der Waals surface area contributed by atoms with Crippen LogP contribution in [0.3, 0.4) is 0 Å². The summed E-state index contributed by atoms with van der Waals surface area (Å²) in [5, 5.41) is 8.87. The van der Waals surface area contributed by atoms with Crippen molar-refractivity contribution in [2.24, 2.45) is 0 Å². The van der Waals surface area contributed by atoms with Gasteiger partial charge in [0.25, 0.3) is 5.91 Å². The van der Waals surface area contributed by atoms with Crippen molar-refractivity contribution in [1.82, 2.24) is 9.80 Å². The van der Waals surface area contributed by atoms with Crippen LogP contribution in [-0.2, 0) is 9.53 Å². The van der Waals surface area contributed by atoms with Crippen LogP contribution in [0.5, 0.6) is 5.75 Å². The molecule has 1 atom stereocenters. The molecule has 1 aromatic carbocycles. The normalized spacial score (nSPS) is 20.8. The summed E-state index contributed by atoms with van der Waals surface area (Å²) in [7, 11) is 1.74. The predicted molar refractivity (Wildman–Crippen MR) is 100 cm³/mol. The van der Waals surface area contributed by atoms with E-state index in [1.165, 1.54) is 12.8 Å². The summed E-state index contributed by atoms with van der Waals surface area (Å²) in [5.74, 6) is -0.167. The lowest BCUT2D eigenvalue weighted by Gasteiger charge is -2.34. The van der Waals surface area contributed by atoms with Gasteiger partial charge >= 0.3 is 5.97 Å². The monoisotopic (exact) mass is 376 g/mol. The number of carboxylic acid groups (broad SMARTS) is 1. The zero-order valence-electron chi connectivity index (χ0n) is 15.8. The molecule has 1 saturated carbocycles. The smallest absolute Gasteiger partial charge is 0.317 e. The first-order valence-electron chi connectivity index (χ1n) is 9.59. The van der Waals surface area contributed by atoms with Gasteiger partial charge in [0.2, 0.25) is 0 Å². The van der Waals surface area contributed by atoms with Gasteiger partial charge in [0.1, 0.15) is 5.75 Å². The number of hydrogen-bond donors (Lipinski definition) is 1. The maximum Gasteiger partial charge on any atom is 0.317 e. The fraction of sp³-hybridized carbons (Fsp3) is 0.600. The lowest BCUT2D eigenvalue weighted by Crippen LogP contribution is -2.49. The molecule has 1 N–H and O–H groups in total. The van der Waals surface area contributed by atoms with Crippen molar-refractivity contribution in [3.05, 3.63) is 29.8 Å². The molecule has 148 valence electrons. The summed E-state index contributed by atoms with van der Waals surface area (Å²) in [6.07, 6.45) is 4.63. The van der Waals surface area contributed by atoms with Gasteiger partial charge in [-0.1, -0.05) is 6.07 Å². The van der Waals surface area contributed by atoms with Gasteiger partial charge in [0, 0.05) is 25.2 Å². The van der Waals surface area contributed by atoms with E-state index in [4.69, 9.17) is 14.6 Å². The zero-order valence-corrected chi connectivity index (χ0v) is 15.8. The van der Waals surface area contributed by atoms with Crippen molar-refractivity contribution >= 4 is 11.9 Å². The molecule has 1 amide bonds. The number of likely N-dealkylation sites (N-methyl/N-ethyl adjacent to an activating group) is 1. The molecule has 1 saturated heterocycles. The Labute approximate surface area is 159 Å². The van der Waals surface area contributed by atoms with E-state index in [1.807, 2.05) is 24.3 Å². The molecule has 2 fully saturated rings. The highest BCUT2D eigenvalue weighted by atomic mass is 16.5. The molecule has 0 unspecified atom stereocenters. The summed E-state index contributed by atoms with van der Waals surface area (Å²) in [4.78, 5) is 27.2. The lowest BCUT2D eigenvalue weighted by molar-refractivity contribution is -0.138. The van der Waals surface area contributed by atoms with E-state index in [-0.39, 0.29) is 24.7 Å². The summed E-state index contributed by atoms with van der Waals surface area (Å²) in [5.41, 5.74) is 0.616. The molecule has 2 aliphatic rings. The number of carboxylic acids is 1. The average Bonchev–Trinajstić information content (AvgIpc) is 3.14. The molecule has 7 heteroatoms. The third kappa shape index (κ3) is 5.68. The topological polar surface area (TPSA) is 79.3 Å². The van der Waals surface area contributed by atoms with Crippen LogP contribution in [0.15, 0.2) is 24.3 Å². The molecule has 0 radical (unpaired) electrons. The average molecular weight is 376 g/mol. The Balaban J connectivity index is 1.58. The maximum atomic E-state index is 12.9. The molecule has 0 aromatic heterocycles. The van der Waals surface area contributed by atoms with Crippen LogP contribution in [0.1, 0.15) is 36.0 Å². The third-order valence-corrected chi connectivity index (χ3v) is 5.03. The van der Waals surface area contributed by atoms with Crippen molar-refractivity contribution in [3.8, 4) is 5.75 Å². The lowest BCUT2D eigenvalue weighted by atomic mass is 10.1. The van der Waals surface area contributed by atoms with E-state index < -0.39 is 5.97 Å². The van der Waals surface area contributed by atoms with Gasteiger partial charge in [0.15, 0.2) is 0 Å². The Morgan fingerprint density at radius 2 is 2.11 bits per heavy atom. The summed E-state index contributed by atoms with van der Waals surface area (Å²) >= 11 is 0. The van der Waals surface area contributed by atoms with Crippen molar-refractivity contribution < 1.29 is 24.2 Å². The molecule has 3 rings (SSSR count). The van der Waals surface area contributed by atoms with Crippen LogP contribution in [-0.4, -0.2) is 78.8 Å². The molecule has 1 heterocycles. The minimum atomic E-state index is -0.875. The van der Waals surface area contributed by atoms with Gasteiger partial charge in [-0.25, -0.2) is 0 Å². The van der Waals surface area contributed by atoms with E-state index in [1.54, 1.807) is 16.8 Å². The summed E-state index contributed by atoms with van der Waals surface area (Å²) in [6.45, 7) is 1.87. The highest BCUT2D eigenvalue weighted by Gasteiger charge is 2.26. The molecule has 0 spiro atoms. The number of hydrogen-bond acceptors (Lipinski definition) is 5. The minimum Gasteiger partial charge on any atom is -0.490 e. The summed E-state index contributed by atoms with van der Waals surface area (Å²) < 4.78 is 11.7. The quantitative estimate of drug-likeness (QED) is 0.783. The van der Waals surface area contributed by atoms with Gasteiger partial charge in [0.05, 0.1) is 25.4 Å². The van der Waals surface area contributed by atoms with Crippen molar-refractivity contribution in [1.29, 1.82) is 0 Å². The van der Waals surface area contributed by atoms with Crippen LogP contribution in [0.4, 0.5) is 0 Å². The number of morpholine rings is 1. The molecule has 1 aromatic rings. The Hall–Kier alpha value is -2.12. The van der Waals surface area contributed by atoms with E-state index >= 15 is 0 Å². The third-order valence-electron chi connectivity index (χ3n) is 5.03. The fourth-order valence-electron chi connectivity index (χ4n) is 3.74. The highest BCUT2D eigenvalue weighted by molar-refractivity contribution is 5.94. The van der Waals surface area contributed by atoms with Crippen LogP contribution >= 0.6 is 0 Å².